The van der Waals surface area contributed by atoms with Crippen molar-refractivity contribution in [3.63, 3.8) is 0 Å². The smallest absolute Gasteiger partial charge is 0.305 e. The highest BCUT2D eigenvalue weighted by Gasteiger charge is 2.37. The van der Waals surface area contributed by atoms with E-state index < -0.39 is 27.4 Å². The maximum absolute atomic E-state index is 12.2. The van der Waals surface area contributed by atoms with Gasteiger partial charge in [-0.15, -0.1) is 11.3 Å². The molecule has 0 aliphatic heterocycles. The number of amides is 1. The van der Waals surface area contributed by atoms with Crippen LogP contribution >= 0.6 is 11.3 Å². The van der Waals surface area contributed by atoms with Gasteiger partial charge in [0.15, 0.2) is 0 Å². The first-order valence-electron chi connectivity index (χ1n) is 6.38. The zero-order valence-electron chi connectivity index (χ0n) is 11.2. The molecular formula is C12H16N2O5S2. The third-order valence-electron chi connectivity index (χ3n) is 3.55. The fourth-order valence-electron chi connectivity index (χ4n) is 2.59. The van der Waals surface area contributed by atoms with E-state index in [-0.39, 0.29) is 16.2 Å². The zero-order valence-corrected chi connectivity index (χ0v) is 12.8. The second-order valence-corrected chi connectivity index (χ2v) is 7.91. The molecule has 9 heteroatoms. The SMILES string of the molecule is NS(=O)(=O)c1cc(C(=O)NC2(CC(=O)O)CCCC2)cs1. The maximum atomic E-state index is 12.2. The Bertz CT molecular complexity index is 659. The number of sulfonamides is 1. The molecule has 21 heavy (non-hydrogen) atoms. The number of hydrogen-bond acceptors (Lipinski definition) is 5. The Labute approximate surface area is 126 Å². The van der Waals surface area contributed by atoms with E-state index in [0.717, 1.165) is 24.2 Å². The fourth-order valence-corrected chi connectivity index (χ4v) is 4.17. The quantitative estimate of drug-likeness (QED) is 0.739. The Hall–Kier alpha value is -1.45. The molecule has 0 saturated heterocycles. The highest BCUT2D eigenvalue weighted by molar-refractivity contribution is 7.91. The van der Waals surface area contributed by atoms with E-state index in [4.69, 9.17) is 10.2 Å². The van der Waals surface area contributed by atoms with Crippen LogP contribution in [0.25, 0.3) is 0 Å². The first-order valence-corrected chi connectivity index (χ1v) is 8.80. The number of aliphatic carboxylic acids is 1. The number of primary sulfonamides is 1. The van der Waals surface area contributed by atoms with Gasteiger partial charge in [-0.25, -0.2) is 13.6 Å². The summed E-state index contributed by atoms with van der Waals surface area (Å²) in [6.07, 6.45) is 2.80. The van der Waals surface area contributed by atoms with Gasteiger partial charge in [0.25, 0.3) is 5.91 Å². The minimum absolute atomic E-state index is 0.0913. The maximum Gasteiger partial charge on any atom is 0.305 e. The molecule has 0 radical (unpaired) electrons. The summed E-state index contributed by atoms with van der Waals surface area (Å²) in [7, 11) is -3.83. The van der Waals surface area contributed by atoms with Crippen molar-refractivity contribution >= 4 is 33.2 Å². The molecule has 1 aromatic heterocycles. The molecule has 1 amide bonds. The van der Waals surface area contributed by atoms with Crippen molar-refractivity contribution in [2.24, 2.45) is 5.14 Å². The minimum atomic E-state index is -3.83. The van der Waals surface area contributed by atoms with E-state index in [2.05, 4.69) is 5.32 Å². The predicted molar refractivity (Wildman–Crippen MR) is 76.6 cm³/mol. The average molecular weight is 332 g/mol. The lowest BCUT2D eigenvalue weighted by atomic mass is 9.93. The molecule has 7 nitrogen and oxygen atoms in total. The Morgan fingerprint density at radius 3 is 2.48 bits per heavy atom. The predicted octanol–water partition coefficient (Wildman–Crippen LogP) is 0.913. The van der Waals surface area contributed by atoms with Crippen molar-refractivity contribution in [2.45, 2.75) is 41.9 Å². The summed E-state index contributed by atoms with van der Waals surface area (Å²) in [6, 6.07) is 1.21. The summed E-state index contributed by atoms with van der Waals surface area (Å²) in [4.78, 5) is 23.2. The molecule has 0 spiro atoms. The second kappa shape index (κ2) is 5.74. The monoisotopic (exact) mass is 332 g/mol. The summed E-state index contributed by atoms with van der Waals surface area (Å²) >= 11 is 0.865. The van der Waals surface area contributed by atoms with E-state index in [0.29, 0.717) is 12.8 Å². The van der Waals surface area contributed by atoms with Crippen molar-refractivity contribution in [3.05, 3.63) is 17.0 Å². The number of nitrogens with two attached hydrogens (primary N) is 1. The van der Waals surface area contributed by atoms with Crippen LogP contribution in [-0.2, 0) is 14.8 Å². The summed E-state index contributed by atoms with van der Waals surface area (Å²) < 4.78 is 22.3. The number of carboxylic acids is 1. The van der Waals surface area contributed by atoms with Gasteiger partial charge in [0.2, 0.25) is 10.0 Å². The van der Waals surface area contributed by atoms with Crippen LogP contribution in [0, 0.1) is 0 Å². The van der Waals surface area contributed by atoms with Crippen molar-refractivity contribution in [1.29, 1.82) is 0 Å². The molecule has 0 atom stereocenters. The molecule has 4 N–H and O–H groups in total. The van der Waals surface area contributed by atoms with Crippen LogP contribution in [0.5, 0.6) is 0 Å². The molecule has 0 bridgehead atoms. The number of hydrogen-bond donors (Lipinski definition) is 3. The van der Waals surface area contributed by atoms with E-state index in [1.807, 2.05) is 0 Å². The Kier molecular flexibility index (Phi) is 4.35. The van der Waals surface area contributed by atoms with Crippen molar-refractivity contribution < 1.29 is 23.1 Å². The van der Waals surface area contributed by atoms with Crippen LogP contribution in [-0.4, -0.2) is 30.9 Å². The van der Waals surface area contributed by atoms with Gasteiger partial charge in [-0.05, 0) is 18.9 Å². The van der Waals surface area contributed by atoms with Gasteiger partial charge in [-0.2, -0.15) is 0 Å². The summed E-state index contributed by atoms with van der Waals surface area (Å²) in [5.74, 6) is -1.43. The third kappa shape index (κ3) is 3.80. The van der Waals surface area contributed by atoms with Gasteiger partial charge in [0, 0.05) is 5.38 Å². The van der Waals surface area contributed by atoms with Gasteiger partial charge in [0.05, 0.1) is 17.5 Å². The Morgan fingerprint density at radius 1 is 1.38 bits per heavy atom. The lowest BCUT2D eigenvalue weighted by molar-refractivity contribution is -0.138. The largest absolute Gasteiger partial charge is 0.481 e. The highest BCUT2D eigenvalue weighted by atomic mass is 32.2. The molecule has 0 aromatic carbocycles. The van der Waals surface area contributed by atoms with Crippen molar-refractivity contribution in [1.82, 2.24) is 5.32 Å². The molecular weight excluding hydrogens is 316 g/mol. The van der Waals surface area contributed by atoms with Gasteiger partial charge < -0.3 is 10.4 Å². The highest BCUT2D eigenvalue weighted by Crippen LogP contribution is 2.33. The number of rotatable bonds is 5. The number of carboxylic acid groups (broad SMARTS) is 1. The molecule has 1 aliphatic carbocycles. The van der Waals surface area contributed by atoms with Gasteiger partial charge in [-0.3, -0.25) is 9.59 Å². The van der Waals surface area contributed by atoms with Crippen LogP contribution in [0.1, 0.15) is 42.5 Å². The van der Waals surface area contributed by atoms with Gasteiger partial charge in [0.1, 0.15) is 4.21 Å². The summed E-state index contributed by atoms with van der Waals surface area (Å²) in [5, 5.41) is 18.1. The molecule has 2 rings (SSSR count). The lowest BCUT2D eigenvalue weighted by Gasteiger charge is -2.28. The zero-order chi connectivity index (χ0) is 15.7. The Balaban J connectivity index is 2.16. The van der Waals surface area contributed by atoms with Gasteiger partial charge >= 0.3 is 5.97 Å². The molecule has 1 aromatic rings. The number of carbonyl (C=O) groups excluding carboxylic acids is 1. The molecule has 0 unspecified atom stereocenters. The number of nitrogens with one attached hydrogen (secondary N) is 1. The van der Waals surface area contributed by atoms with Crippen molar-refractivity contribution in [3.8, 4) is 0 Å². The van der Waals surface area contributed by atoms with Gasteiger partial charge in [-0.1, -0.05) is 12.8 Å². The van der Waals surface area contributed by atoms with Crippen LogP contribution in [0.15, 0.2) is 15.7 Å². The summed E-state index contributed by atoms with van der Waals surface area (Å²) in [5.41, 5.74) is -0.562. The van der Waals surface area contributed by atoms with E-state index in [9.17, 15) is 18.0 Å². The molecule has 1 heterocycles. The van der Waals surface area contributed by atoms with Crippen LogP contribution in [0.2, 0.25) is 0 Å². The number of carbonyl (C=O) groups is 2. The molecule has 116 valence electrons. The second-order valence-electron chi connectivity index (χ2n) is 5.21. The molecule has 1 saturated carbocycles. The topological polar surface area (TPSA) is 127 Å². The minimum Gasteiger partial charge on any atom is -0.481 e. The molecule has 1 aliphatic rings. The number of thiophene rings is 1. The lowest BCUT2D eigenvalue weighted by Crippen LogP contribution is -2.47. The fraction of sp³-hybridized carbons (Fsp3) is 0.500. The third-order valence-corrected chi connectivity index (χ3v) is 5.93. The first-order chi connectivity index (χ1) is 9.72. The normalized spacial score (nSPS) is 17.6. The van der Waals surface area contributed by atoms with Crippen LogP contribution in [0.4, 0.5) is 0 Å². The Morgan fingerprint density at radius 2 is 2.00 bits per heavy atom. The molecule has 1 fully saturated rings. The van der Waals surface area contributed by atoms with Crippen LogP contribution in [0.3, 0.4) is 0 Å². The first kappa shape index (κ1) is 15.9. The standard InChI is InChI=1S/C12H16N2O5S2/c13-21(18,19)10-5-8(7-20-10)11(17)14-12(6-9(15)16)3-1-2-4-12/h5,7H,1-4,6H2,(H,14,17)(H,15,16)(H2,13,18,19). The van der Waals surface area contributed by atoms with E-state index >= 15 is 0 Å². The van der Waals surface area contributed by atoms with Crippen molar-refractivity contribution in [2.75, 3.05) is 0 Å². The average Bonchev–Trinajstić information content (AvgIpc) is 2.95. The van der Waals surface area contributed by atoms with E-state index in [1.54, 1.807) is 0 Å². The van der Waals surface area contributed by atoms with E-state index in [1.165, 1.54) is 11.4 Å². The summed E-state index contributed by atoms with van der Waals surface area (Å²) in [6.45, 7) is 0. The van der Waals surface area contributed by atoms with Crippen LogP contribution < -0.4 is 10.5 Å².